The topological polar surface area (TPSA) is 125 Å². The minimum atomic E-state index is -0.926. The molecular weight excluding hydrogens is 470 g/mol. The lowest BCUT2D eigenvalue weighted by atomic mass is 9.90. The first-order chi connectivity index (χ1) is 15.3. The lowest BCUT2D eigenvalue weighted by molar-refractivity contribution is -0.128. The number of ketones is 1. The molecular formula is C25H35N3O4S2. The van der Waals surface area contributed by atoms with Crippen molar-refractivity contribution >= 4 is 44.8 Å². The number of Topliss-reactive ketones (excluding diaryl/α,β-unsaturated/α-hetero) is 1. The van der Waals surface area contributed by atoms with Gasteiger partial charge >= 0.3 is 6.09 Å². The number of hydrogen-bond donors (Lipinski definition) is 3. The predicted molar refractivity (Wildman–Crippen MR) is 144 cm³/mol. The van der Waals surface area contributed by atoms with Gasteiger partial charge in [-0.2, -0.15) is 27.0 Å². The van der Waals surface area contributed by atoms with Crippen molar-refractivity contribution in [1.82, 2.24) is 5.32 Å². The van der Waals surface area contributed by atoms with Gasteiger partial charge in [-0.3, -0.25) is 9.59 Å². The number of alkyl carbamates (subject to hydrolysis) is 1. The van der Waals surface area contributed by atoms with Gasteiger partial charge in [0, 0.05) is 24.8 Å². The highest BCUT2D eigenvalue weighted by Crippen LogP contribution is 2.44. The van der Waals surface area contributed by atoms with Crippen molar-refractivity contribution in [1.29, 1.82) is 0 Å². The number of ether oxygens (including phenoxy) is 1. The number of benzene rings is 2. The van der Waals surface area contributed by atoms with Gasteiger partial charge in [0.1, 0.15) is 6.61 Å². The minimum Gasteiger partial charge on any atom is -0.449 e. The van der Waals surface area contributed by atoms with Gasteiger partial charge in [0.15, 0.2) is 5.78 Å². The van der Waals surface area contributed by atoms with E-state index in [1.54, 1.807) is 0 Å². The summed E-state index contributed by atoms with van der Waals surface area (Å²) in [6.07, 6.45) is -0.141. The highest BCUT2D eigenvalue weighted by atomic mass is 32.1. The molecule has 2 atom stereocenters. The third-order valence-corrected chi connectivity index (χ3v) is 5.83. The van der Waals surface area contributed by atoms with E-state index in [0.717, 1.165) is 22.3 Å². The van der Waals surface area contributed by atoms with E-state index in [2.05, 4.69) is 17.4 Å². The summed E-state index contributed by atoms with van der Waals surface area (Å²) in [5.74, 6) is -1.19. The second-order valence-electron chi connectivity index (χ2n) is 8.71. The molecule has 2 amide bonds. The predicted octanol–water partition coefficient (Wildman–Crippen LogP) is 3.18. The first-order valence-electron chi connectivity index (χ1n) is 10.9. The molecule has 0 aromatic heterocycles. The van der Waals surface area contributed by atoms with Crippen LogP contribution in [0.1, 0.15) is 43.7 Å². The van der Waals surface area contributed by atoms with Crippen molar-refractivity contribution in [2.24, 2.45) is 23.3 Å². The lowest BCUT2D eigenvalue weighted by Crippen LogP contribution is -2.44. The molecule has 0 unspecified atom stereocenters. The monoisotopic (exact) mass is 505 g/mol. The van der Waals surface area contributed by atoms with E-state index in [1.165, 1.54) is 0 Å². The molecule has 9 heteroatoms. The van der Waals surface area contributed by atoms with Crippen LogP contribution in [0.5, 0.6) is 0 Å². The van der Waals surface area contributed by atoms with E-state index < -0.39 is 24.0 Å². The van der Waals surface area contributed by atoms with Gasteiger partial charge in [-0.05, 0) is 34.6 Å². The van der Waals surface area contributed by atoms with Crippen LogP contribution in [0.3, 0.4) is 0 Å². The fourth-order valence-corrected chi connectivity index (χ4v) is 4.22. The Hall–Kier alpha value is -2.49. The Morgan fingerprint density at radius 3 is 2.00 bits per heavy atom. The smallest absolute Gasteiger partial charge is 0.407 e. The molecule has 0 aliphatic heterocycles. The van der Waals surface area contributed by atoms with Crippen LogP contribution < -0.4 is 16.8 Å². The third-order valence-electron chi connectivity index (χ3n) is 5.83. The Morgan fingerprint density at radius 2 is 1.50 bits per heavy atom. The molecule has 3 rings (SSSR count). The number of nitrogens with two attached hydrogens (primary N) is 2. The van der Waals surface area contributed by atoms with Crippen LogP contribution >= 0.6 is 27.0 Å². The molecule has 0 radical (unpaired) electrons. The van der Waals surface area contributed by atoms with Crippen LogP contribution in [-0.4, -0.2) is 37.0 Å². The van der Waals surface area contributed by atoms with E-state index in [0.29, 0.717) is 6.42 Å². The van der Waals surface area contributed by atoms with E-state index in [1.807, 2.05) is 50.2 Å². The molecule has 0 fully saturated rings. The quantitative estimate of drug-likeness (QED) is 0.457. The van der Waals surface area contributed by atoms with Gasteiger partial charge in [-0.15, -0.1) is 0 Å². The van der Waals surface area contributed by atoms with Gasteiger partial charge in [0.05, 0.1) is 6.04 Å². The van der Waals surface area contributed by atoms with Crippen molar-refractivity contribution in [3.8, 4) is 11.1 Å². The summed E-state index contributed by atoms with van der Waals surface area (Å²) in [6, 6.07) is 15.2. The summed E-state index contributed by atoms with van der Waals surface area (Å²) in [7, 11) is 0. The standard InChI is InChI=1S/C25H31N3O4.2H2S/c1-15(2)11-16(24(27)30)12-23(29)22(26)13-28-25(31)32-14-21-19-9-5-3-7-17(19)18-8-4-6-10-20(18)21;;/h3-10,15-16,21-22H,11-14,26H2,1-2H3,(H2,27,30)(H,28,31);2*1H2/t16-,22+;;/m1../s1. The number of carbonyl (C=O) groups excluding carboxylic acids is 3. The van der Waals surface area contributed by atoms with Crippen LogP contribution in [0.15, 0.2) is 48.5 Å². The number of rotatable bonds is 10. The zero-order valence-corrected chi connectivity index (χ0v) is 21.5. The molecule has 7 nitrogen and oxygen atoms in total. The molecule has 34 heavy (non-hydrogen) atoms. The summed E-state index contributed by atoms with van der Waals surface area (Å²) >= 11 is 0. The van der Waals surface area contributed by atoms with Gasteiger partial charge in [0.25, 0.3) is 0 Å². The zero-order valence-electron chi connectivity index (χ0n) is 19.5. The summed E-state index contributed by atoms with van der Waals surface area (Å²) in [4.78, 5) is 36.2. The van der Waals surface area contributed by atoms with Crippen molar-refractivity contribution in [2.75, 3.05) is 13.2 Å². The molecule has 0 saturated heterocycles. The van der Waals surface area contributed by atoms with E-state index in [-0.39, 0.29) is 64.2 Å². The normalized spacial score (nSPS) is 13.5. The fraction of sp³-hybridized carbons (Fsp3) is 0.400. The third kappa shape index (κ3) is 7.25. The molecule has 0 bridgehead atoms. The largest absolute Gasteiger partial charge is 0.449 e. The van der Waals surface area contributed by atoms with Crippen LogP contribution in [0.25, 0.3) is 11.1 Å². The van der Waals surface area contributed by atoms with Crippen LogP contribution in [0, 0.1) is 11.8 Å². The number of hydrogen-bond acceptors (Lipinski definition) is 5. The van der Waals surface area contributed by atoms with Crippen molar-refractivity contribution in [3.63, 3.8) is 0 Å². The minimum absolute atomic E-state index is 0. The molecule has 2 aromatic rings. The molecule has 5 N–H and O–H groups in total. The first-order valence-corrected chi connectivity index (χ1v) is 10.9. The Labute approximate surface area is 214 Å². The van der Waals surface area contributed by atoms with E-state index in [4.69, 9.17) is 16.2 Å². The molecule has 1 aliphatic rings. The zero-order chi connectivity index (χ0) is 23.3. The molecule has 0 heterocycles. The second kappa shape index (κ2) is 13.4. The number of amides is 2. The maximum absolute atomic E-state index is 12.4. The molecule has 2 aromatic carbocycles. The SMILES string of the molecule is CC(C)C[C@H](CC(=O)[C@@H](N)CNC(=O)OCC1c2ccccc2-c2ccccc21)C(N)=O.S.S. The average Bonchev–Trinajstić information content (AvgIpc) is 3.09. The Balaban J connectivity index is 0.00000289. The van der Waals surface area contributed by atoms with Gasteiger partial charge < -0.3 is 21.5 Å². The molecule has 0 saturated carbocycles. The van der Waals surface area contributed by atoms with Gasteiger partial charge in [-0.1, -0.05) is 62.4 Å². The average molecular weight is 506 g/mol. The van der Waals surface area contributed by atoms with Crippen molar-refractivity contribution in [3.05, 3.63) is 59.7 Å². The lowest BCUT2D eigenvalue weighted by Gasteiger charge is -2.18. The summed E-state index contributed by atoms with van der Waals surface area (Å²) < 4.78 is 5.45. The number of fused-ring (bicyclic) bond motifs is 3. The van der Waals surface area contributed by atoms with Gasteiger partial charge in [0.2, 0.25) is 5.91 Å². The Kier molecular flexibility index (Phi) is 11.7. The highest BCUT2D eigenvalue weighted by molar-refractivity contribution is 7.59. The van der Waals surface area contributed by atoms with E-state index in [9.17, 15) is 14.4 Å². The Morgan fingerprint density at radius 1 is 0.971 bits per heavy atom. The molecule has 186 valence electrons. The summed E-state index contributed by atoms with van der Waals surface area (Å²) in [5.41, 5.74) is 15.9. The number of carbonyl (C=O) groups is 3. The van der Waals surface area contributed by atoms with E-state index >= 15 is 0 Å². The highest BCUT2D eigenvalue weighted by Gasteiger charge is 2.29. The molecule has 0 spiro atoms. The van der Waals surface area contributed by atoms with Crippen LogP contribution in [0.4, 0.5) is 4.79 Å². The van der Waals surface area contributed by atoms with Crippen molar-refractivity contribution in [2.45, 2.75) is 38.6 Å². The summed E-state index contributed by atoms with van der Waals surface area (Å²) in [5, 5.41) is 2.56. The van der Waals surface area contributed by atoms with Crippen LogP contribution in [0.2, 0.25) is 0 Å². The fourth-order valence-electron chi connectivity index (χ4n) is 4.22. The van der Waals surface area contributed by atoms with Gasteiger partial charge in [-0.25, -0.2) is 4.79 Å². The Bertz CT molecular complexity index is 954. The molecule has 1 aliphatic carbocycles. The van der Waals surface area contributed by atoms with Crippen molar-refractivity contribution < 1.29 is 19.1 Å². The second-order valence-corrected chi connectivity index (χ2v) is 8.71. The maximum Gasteiger partial charge on any atom is 0.407 e. The first kappa shape index (κ1) is 29.5. The summed E-state index contributed by atoms with van der Waals surface area (Å²) in [6.45, 7) is 4.03. The van der Waals surface area contributed by atoms with Crippen LogP contribution in [-0.2, 0) is 14.3 Å². The number of nitrogens with one attached hydrogen (secondary N) is 1. The number of primary amides is 1. The maximum atomic E-state index is 12.4.